The molecule has 1 N–H and O–H groups in total. The van der Waals surface area contributed by atoms with Gasteiger partial charge in [0.15, 0.2) is 29.1 Å². The number of nitrogens with one attached hydrogen (secondary N) is 1. The van der Waals surface area contributed by atoms with Gasteiger partial charge in [0.05, 0.1) is 26.9 Å². The van der Waals surface area contributed by atoms with Crippen molar-refractivity contribution in [1.82, 2.24) is 5.32 Å². The summed E-state index contributed by atoms with van der Waals surface area (Å²) in [6.45, 7) is 2.49. The number of benzene rings is 2. The Morgan fingerprint density at radius 2 is 1.68 bits per heavy atom. The van der Waals surface area contributed by atoms with Crippen LogP contribution < -0.4 is 29.0 Å². The Morgan fingerprint density at radius 3 is 2.39 bits per heavy atom. The van der Waals surface area contributed by atoms with Gasteiger partial charge in [0, 0.05) is 6.54 Å². The monoisotopic (exact) mass is 431 g/mol. The quantitative estimate of drug-likeness (QED) is 0.636. The van der Waals surface area contributed by atoms with Gasteiger partial charge >= 0.3 is 5.97 Å². The number of methoxy groups -OCH3 is 3. The Balaban J connectivity index is 1.61. The molecule has 31 heavy (non-hydrogen) atoms. The van der Waals surface area contributed by atoms with Crippen molar-refractivity contribution in [1.29, 1.82) is 0 Å². The molecule has 3 rings (SSSR count). The molecule has 166 valence electrons. The van der Waals surface area contributed by atoms with Crippen molar-refractivity contribution in [2.45, 2.75) is 19.6 Å². The van der Waals surface area contributed by atoms with Gasteiger partial charge in [-0.25, -0.2) is 4.79 Å². The van der Waals surface area contributed by atoms with Crippen LogP contribution >= 0.6 is 0 Å². The number of ether oxygens (including phenoxy) is 6. The highest BCUT2D eigenvalue weighted by molar-refractivity contribution is 5.93. The molecule has 0 spiro atoms. The predicted octanol–water partition coefficient (Wildman–Crippen LogP) is 2.35. The van der Waals surface area contributed by atoms with E-state index in [0.717, 1.165) is 5.56 Å². The highest BCUT2D eigenvalue weighted by Crippen LogP contribution is 2.40. The van der Waals surface area contributed by atoms with E-state index in [-0.39, 0.29) is 12.1 Å². The van der Waals surface area contributed by atoms with E-state index < -0.39 is 18.0 Å². The van der Waals surface area contributed by atoms with Gasteiger partial charge in [0.25, 0.3) is 5.91 Å². The maximum atomic E-state index is 12.6. The van der Waals surface area contributed by atoms with Crippen LogP contribution in [0.2, 0.25) is 0 Å². The Labute approximate surface area is 180 Å². The molecule has 0 bridgehead atoms. The van der Waals surface area contributed by atoms with E-state index in [0.29, 0.717) is 42.0 Å². The number of carbonyl (C=O) groups is 2. The first kappa shape index (κ1) is 22.1. The van der Waals surface area contributed by atoms with Crippen LogP contribution in [0.25, 0.3) is 0 Å². The standard InChI is InChI=1S/C22H25NO8/c1-13(21(24)23-12-14-5-6-16(26-2)17(9-14)27-3)31-22(25)15-10-18(28-4)20-19(11-15)29-7-8-30-20/h5-6,9-11,13H,7-8,12H2,1-4H3,(H,23,24). The SMILES string of the molecule is COc1ccc(CNC(=O)C(C)OC(=O)c2cc(OC)c3c(c2)OCCO3)cc1OC. The smallest absolute Gasteiger partial charge is 0.339 e. The van der Waals surface area contributed by atoms with Gasteiger partial charge < -0.3 is 33.7 Å². The van der Waals surface area contributed by atoms with Crippen LogP contribution in [-0.4, -0.2) is 52.5 Å². The Bertz CT molecular complexity index is 942. The molecule has 0 aromatic heterocycles. The van der Waals surface area contributed by atoms with Crippen molar-refractivity contribution in [3.8, 4) is 28.7 Å². The second kappa shape index (κ2) is 9.92. The fourth-order valence-corrected chi connectivity index (χ4v) is 3.00. The number of hydrogen-bond donors (Lipinski definition) is 1. The zero-order valence-electron chi connectivity index (χ0n) is 17.9. The van der Waals surface area contributed by atoms with Crippen LogP contribution in [0.4, 0.5) is 0 Å². The largest absolute Gasteiger partial charge is 0.493 e. The zero-order chi connectivity index (χ0) is 22.4. The molecule has 1 aliphatic rings. The van der Waals surface area contributed by atoms with E-state index >= 15 is 0 Å². The normalized spacial score (nSPS) is 13.0. The lowest BCUT2D eigenvalue weighted by molar-refractivity contribution is -0.129. The molecule has 2 aromatic rings. The Morgan fingerprint density at radius 1 is 0.968 bits per heavy atom. The van der Waals surface area contributed by atoms with Gasteiger partial charge in [0.2, 0.25) is 5.75 Å². The maximum Gasteiger partial charge on any atom is 0.339 e. The fourth-order valence-electron chi connectivity index (χ4n) is 3.00. The van der Waals surface area contributed by atoms with Crippen molar-refractivity contribution in [2.75, 3.05) is 34.5 Å². The van der Waals surface area contributed by atoms with Gasteiger partial charge in [-0.2, -0.15) is 0 Å². The van der Waals surface area contributed by atoms with Gasteiger partial charge in [-0.15, -0.1) is 0 Å². The maximum absolute atomic E-state index is 12.6. The summed E-state index contributed by atoms with van der Waals surface area (Å²) in [6, 6.07) is 8.31. The van der Waals surface area contributed by atoms with Crippen LogP contribution in [0.15, 0.2) is 30.3 Å². The van der Waals surface area contributed by atoms with E-state index in [1.165, 1.54) is 33.3 Å². The van der Waals surface area contributed by atoms with Crippen LogP contribution in [0.3, 0.4) is 0 Å². The van der Waals surface area contributed by atoms with E-state index in [1.807, 2.05) is 0 Å². The second-order valence-corrected chi connectivity index (χ2v) is 6.66. The van der Waals surface area contributed by atoms with E-state index in [1.54, 1.807) is 25.3 Å². The summed E-state index contributed by atoms with van der Waals surface area (Å²) < 4.78 is 32.1. The third kappa shape index (κ3) is 5.11. The first-order valence-electron chi connectivity index (χ1n) is 9.64. The lowest BCUT2D eigenvalue weighted by Crippen LogP contribution is -2.35. The van der Waals surface area contributed by atoms with Crippen LogP contribution in [0, 0.1) is 0 Å². The molecule has 1 heterocycles. The average Bonchev–Trinajstić information content (AvgIpc) is 2.81. The minimum absolute atomic E-state index is 0.195. The zero-order valence-corrected chi connectivity index (χ0v) is 17.9. The van der Waals surface area contributed by atoms with Gasteiger partial charge in [-0.1, -0.05) is 6.07 Å². The molecule has 1 atom stereocenters. The number of amides is 1. The number of esters is 1. The molecule has 9 heteroatoms. The number of hydrogen-bond acceptors (Lipinski definition) is 8. The summed E-state index contributed by atoms with van der Waals surface area (Å²) in [5.74, 6) is 1.22. The number of fused-ring (bicyclic) bond motifs is 1. The highest BCUT2D eigenvalue weighted by Gasteiger charge is 2.24. The van der Waals surface area contributed by atoms with Gasteiger partial charge in [0.1, 0.15) is 13.2 Å². The molecule has 2 aromatic carbocycles. The van der Waals surface area contributed by atoms with Crippen LogP contribution in [0.5, 0.6) is 28.7 Å². The molecule has 0 saturated heterocycles. The molecular weight excluding hydrogens is 406 g/mol. The first-order valence-corrected chi connectivity index (χ1v) is 9.64. The molecular formula is C22H25NO8. The fraction of sp³-hybridized carbons (Fsp3) is 0.364. The summed E-state index contributed by atoms with van der Waals surface area (Å²) in [5.41, 5.74) is 1.00. The molecule has 0 fully saturated rings. The third-order valence-corrected chi connectivity index (χ3v) is 4.63. The molecule has 0 saturated carbocycles. The highest BCUT2D eigenvalue weighted by atomic mass is 16.6. The third-order valence-electron chi connectivity index (χ3n) is 4.63. The van der Waals surface area contributed by atoms with E-state index in [4.69, 9.17) is 28.4 Å². The first-order chi connectivity index (χ1) is 15.0. The van der Waals surface area contributed by atoms with Crippen molar-refractivity contribution >= 4 is 11.9 Å². The second-order valence-electron chi connectivity index (χ2n) is 6.66. The Hall–Kier alpha value is -3.62. The topological polar surface area (TPSA) is 102 Å². The molecule has 1 aliphatic heterocycles. The van der Waals surface area contributed by atoms with Gasteiger partial charge in [-0.3, -0.25) is 4.79 Å². The summed E-state index contributed by atoms with van der Waals surface area (Å²) in [6.07, 6.45) is -1.01. The number of rotatable bonds is 8. The predicted molar refractivity (Wildman–Crippen MR) is 110 cm³/mol. The lowest BCUT2D eigenvalue weighted by Gasteiger charge is -2.21. The molecule has 1 amide bonds. The molecule has 9 nitrogen and oxygen atoms in total. The van der Waals surface area contributed by atoms with Crippen molar-refractivity contribution in [2.24, 2.45) is 0 Å². The number of carbonyl (C=O) groups excluding carboxylic acids is 2. The van der Waals surface area contributed by atoms with Crippen molar-refractivity contribution in [3.05, 3.63) is 41.5 Å². The lowest BCUT2D eigenvalue weighted by atomic mass is 10.1. The molecule has 0 radical (unpaired) electrons. The summed E-state index contributed by atoms with van der Waals surface area (Å²) in [4.78, 5) is 25.0. The van der Waals surface area contributed by atoms with E-state index in [2.05, 4.69) is 5.32 Å². The van der Waals surface area contributed by atoms with E-state index in [9.17, 15) is 9.59 Å². The Kier molecular flexibility index (Phi) is 7.07. The minimum atomic E-state index is -1.01. The van der Waals surface area contributed by atoms with Crippen LogP contribution in [-0.2, 0) is 16.1 Å². The molecule has 1 unspecified atom stereocenters. The minimum Gasteiger partial charge on any atom is -0.493 e. The molecule has 0 aliphatic carbocycles. The summed E-state index contributed by atoms with van der Waals surface area (Å²) in [7, 11) is 4.55. The summed E-state index contributed by atoms with van der Waals surface area (Å²) >= 11 is 0. The average molecular weight is 431 g/mol. The van der Waals surface area contributed by atoms with Crippen molar-refractivity contribution in [3.63, 3.8) is 0 Å². The van der Waals surface area contributed by atoms with Gasteiger partial charge in [-0.05, 0) is 36.8 Å². The summed E-state index contributed by atoms with van der Waals surface area (Å²) in [5, 5.41) is 2.73. The van der Waals surface area contributed by atoms with Crippen molar-refractivity contribution < 1.29 is 38.0 Å². The van der Waals surface area contributed by atoms with Crippen LogP contribution in [0.1, 0.15) is 22.8 Å².